The van der Waals surface area contributed by atoms with Crippen molar-refractivity contribution in [3.63, 3.8) is 0 Å². The molecule has 26 heavy (non-hydrogen) atoms. The van der Waals surface area contributed by atoms with Gasteiger partial charge in [-0.2, -0.15) is 5.10 Å². The molecule has 1 atom stereocenters. The third kappa shape index (κ3) is 3.05. The highest BCUT2D eigenvalue weighted by atomic mass is 35.5. The number of nitrogens with zero attached hydrogens (tertiary/aromatic N) is 2. The van der Waals surface area contributed by atoms with Gasteiger partial charge in [-0.25, -0.2) is 0 Å². The van der Waals surface area contributed by atoms with Crippen molar-refractivity contribution >= 4 is 45.7 Å². The highest BCUT2D eigenvalue weighted by Crippen LogP contribution is 2.45. The fraction of sp³-hybridized carbons (Fsp3) is 0.316. The van der Waals surface area contributed by atoms with Crippen molar-refractivity contribution in [1.82, 2.24) is 15.1 Å². The van der Waals surface area contributed by atoms with E-state index in [1.165, 1.54) is 5.56 Å². The van der Waals surface area contributed by atoms with Gasteiger partial charge in [0.05, 0.1) is 33.7 Å². The maximum absolute atomic E-state index is 6.66. The van der Waals surface area contributed by atoms with Crippen LogP contribution in [0.5, 0.6) is 5.75 Å². The molecule has 7 heteroatoms. The Hall–Kier alpha value is -1.46. The number of hydrogen-bond acceptors (Lipinski definition) is 3. The first-order valence-corrected chi connectivity index (χ1v) is 9.72. The molecule has 2 heterocycles. The SMILES string of the molecule is CN1CCc2c(cc(Cl)c(OCCCl)c2Cl)C1c1ccc2[nH]ncc2c1. The zero-order valence-electron chi connectivity index (χ0n) is 14.2. The van der Waals surface area contributed by atoms with Crippen molar-refractivity contribution in [2.24, 2.45) is 0 Å². The summed E-state index contributed by atoms with van der Waals surface area (Å²) in [6, 6.07) is 8.40. The van der Waals surface area contributed by atoms with Gasteiger partial charge in [-0.1, -0.05) is 29.3 Å². The lowest BCUT2D eigenvalue weighted by Crippen LogP contribution is -2.33. The predicted octanol–water partition coefficient (Wildman–Crippen LogP) is 5.06. The molecule has 4 rings (SSSR count). The normalized spacial score (nSPS) is 17.5. The van der Waals surface area contributed by atoms with Crippen molar-refractivity contribution in [3.8, 4) is 5.75 Å². The summed E-state index contributed by atoms with van der Waals surface area (Å²) in [6.45, 7) is 1.28. The molecule has 1 unspecified atom stereocenters. The summed E-state index contributed by atoms with van der Waals surface area (Å²) in [7, 11) is 2.12. The van der Waals surface area contributed by atoms with E-state index in [0.29, 0.717) is 28.3 Å². The van der Waals surface area contributed by atoms with E-state index >= 15 is 0 Å². The van der Waals surface area contributed by atoms with Gasteiger partial charge in [0.2, 0.25) is 0 Å². The van der Waals surface area contributed by atoms with Crippen LogP contribution in [0.25, 0.3) is 10.9 Å². The smallest absolute Gasteiger partial charge is 0.156 e. The van der Waals surface area contributed by atoms with Gasteiger partial charge in [0.15, 0.2) is 5.75 Å². The second-order valence-electron chi connectivity index (χ2n) is 6.46. The summed E-state index contributed by atoms with van der Waals surface area (Å²) >= 11 is 18.9. The summed E-state index contributed by atoms with van der Waals surface area (Å²) in [6.07, 6.45) is 2.69. The summed E-state index contributed by atoms with van der Waals surface area (Å²) in [4.78, 5) is 2.32. The molecule has 2 aromatic carbocycles. The third-order valence-electron chi connectivity index (χ3n) is 4.87. The number of rotatable bonds is 4. The van der Waals surface area contributed by atoms with Crippen LogP contribution in [0.1, 0.15) is 22.7 Å². The Kier molecular flexibility index (Phi) is 5.02. The van der Waals surface area contributed by atoms with Crippen LogP contribution < -0.4 is 4.74 Å². The number of fused-ring (bicyclic) bond motifs is 2. The summed E-state index contributed by atoms with van der Waals surface area (Å²) in [5, 5.41) is 9.30. The molecule has 0 saturated carbocycles. The van der Waals surface area contributed by atoms with Gasteiger partial charge < -0.3 is 4.74 Å². The molecule has 136 valence electrons. The Bertz CT molecular complexity index is 957. The van der Waals surface area contributed by atoms with Crippen LogP contribution in [0.2, 0.25) is 10.0 Å². The van der Waals surface area contributed by atoms with E-state index in [2.05, 4.69) is 40.3 Å². The topological polar surface area (TPSA) is 41.1 Å². The van der Waals surface area contributed by atoms with Gasteiger partial charge in [0, 0.05) is 11.9 Å². The molecule has 1 aliphatic heterocycles. The fourth-order valence-corrected chi connectivity index (χ4v) is 4.40. The Morgan fingerprint density at radius 3 is 2.96 bits per heavy atom. The van der Waals surface area contributed by atoms with Crippen molar-refractivity contribution < 1.29 is 4.74 Å². The molecule has 1 N–H and O–H groups in total. The van der Waals surface area contributed by atoms with Crippen LogP contribution >= 0.6 is 34.8 Å². The maximum Gasteiger partial charge on any atom is 0.156 e. The monoisotopic (exact) mass is 409 g/mol. The number of nitrogens with one attached hydrogen (secondary N) is 1. The first-order chi connectivity index (χ1) is 12.6. The van der Waals surface area contributed by atoms with E-state index in [9.17, 15) is 0 Å². The Morgan fingerprint density at radius 2 is 2.15 bits per heavy atom. The predicted molar refractivity (Wildman–Crippen MR) is 107 cm³/mol. The molecular formula is C19H18Cl3N3O. The molecule has 0 fully saturated rings. The first kappa shape index (κ1) is 17.9. The first-order valence-electron chi connectivity index (χ1n) is 8.43. The number of alkyl halides is 1. The van der Waals surface area contributed by atoms with Crippen LogP contribution in [-0.4, -0.2) is 41.2 Å². The lowest BCUT2D eigenvalue weighted by Gasteiger charge is -2.36. The maximum atomic E-state index is 6.66. The van der Waals surface area contributed by atoms with E-state index in [-0.39, 0.29) is 6.04 Å². The molecule has 1 aromatic heterocycles. The van der Waals surface area contributed by atoms with Crippen LogP contribution in [0.15, 0.2) is 30.5 Å². The number of hydrogen-bond donors (Lipinski definition) is 1. The van der Waals surface area contributed by atoms with Crippen LogP contribution in [0.3, 0.4) is 0 Å². The van der Waals surface area contributed by atoms with Gasteiger partial charge >= 0.3 is 0 Å². The highest BCUT2D eigenvalue weighted by Gasteiger charge is 2.30. The Morgan fingerprint density at radius 1 is 1.31 bits per heavy atom. The van der Waals surface area contributed by atoms with Gasteiger partial charge in [0.25, 0.3) is 0 Å². The number of H-pyrrole nitrogens is 1. The summed E-state index contributed by atoms with van der Waals surface area (Å²) in [5.74, 6) is 0.918. The number of aromatic nitrogens is 2. The number of halogens is 3. The van der Waals surface area contributed by atoms with Crippen molar-refractivity contribution in [3.05, 3.63) is 57.2 Å². The molecule has 0 aliphatic carbocycles. The average Bonchev–Trinajstić information content (AvgIpc) is 3.09. The number of benzene rings is 2. The largest absolute Gasteiger partial charge is 0.489 e. The second-order valence-corrected chi connectivity index (χ2v) is 7.62. The summed E-state index contributed by atoms with van der Waals surface area (Å²) in [5.41, 5.74) is 4.42. The molecule has 3 aromatic rings. The molecule has 4 nitrogen and oxygen atoms in total. The minimum Gasteiger partial charge on any atom is -0.489 e. The standard InChI is InChI=1S/C19H18Cl3N3O/c1-25-6-4-13-14(9-15(21)19(17(13)22)26-7-5-20)18(25)11-2-3-16-12(8-11)10-23-24-16/h2-3,8-10,18H,4-7H2,1H3,(H,23,24). The van der Waals surface area contributed by atoms with Gasteiger partial charge in [0.1, 0.15) is 6.61 Å². The third-order valence-corrected chi connectivity index (χ3v) is 5.70. The van der Waals surface area contributed by atoms with Gasteiger partial charge in [-0.15, -0.1) is 11.6 Å². The van der Waals surface area contributed by atoms with Gasteiger partial charge in [-0.05, 0) is 48.4 Å². The molecule has 0 bridgehead atoms. The highest BCUT2D eigenvalue weighted by molar-refractivity contribution is 6.37. The second kappa shape index (κ2) is 7.28. The molecular weight excluding hydrogens is 393 g/mol. The minimum atomic E-state index is 0.0788. The number of aromatic amines is 1. The van der Waals surface area contributed by atoms with Crippen molar-refractivity contribution in [1.29, 1.82) is 0 Å². The number of ether oxygens (including phenoxy) is 1. The van der Waals surface area contributed by atoms with E-state index in [1.807, 2.05) is 12.3 Å². The fourth-order valence-electron chi connectivity index (χ4n) is 3.65. The van der Waals surface area contributed by atoms with E-state index in [0.717, 1.165) is 35.0 Å². The summed E-state index contributed by atoms with van der Waals surface area (Å²) < 4.78 is 5.68. The Labute approximate surface area is 167 Å². The molecule has 0 saturated heterocycles. The van der Waals surface area contributed by atoms with E-state index < -0.39 is 0 Å². The Balaban J connectivity index is 1.83. The lowest BCUT2D eigenvalue weighted by molar-refractivity contribution is 0.264. The minimum absolute atomic E-state index is 0.0788. The quantitative estimate of drug-likeness (QED) is 0.611. The molecule has 0 spiro atoms. The molecule has 0 radical (unpaired) electrons. The van der Waals surface area contributed by atoms with Crippen LogP contribution in [0, 0.1) is 0 Å². The van der Waals surface area contributed by atoms with Crippen molar-refractivity contribution in [2.45, 2.75) is 12.5 Å². The molecule has 0 amide bonds. The zero-order chi connectivity index (χ0) is 18.3. The van der Waals surface area contributed by atoms with Crippen LogP contribution in [0.4, 0.5) is 0 Å². The van der Waals surface area contributed by atoms with Gasteiger partial charge in [-0.3, -0.25) is 10.00 Å². The molecule has 1 aliphatic rings. The van der Waals surface area contributed by atoms with Crippen LogP contribution in [-0.2, 0) is 6.42 Å². The average molecular weight is 411 g/mol. The van der Waals surface area contributed by atoms with Crippen molar-refractivity contribution in [2.75, 3.05) is 26.1 Å². The van der Waals surface area contributed by atoms with E-state index in [4.69, 9.17) is 39.5 Å². The van der Waals surface area contributed by atoms with E-state index in [1.54, 1.807) is 0 Å². The number of likely N-dealkylation sites (N-methyl/N-ethyl adjacent to an activating group) is 1. The lowest BCUT2D eigenvalue weighted by atomic mass is 9.88. The zero-order valence-corrected chi connectivity index (χ0v) is 16.5.